The molecule has 2 saturated heterocycles. The Morgan fingerprint density at radius 3 is 2.13 bits per heavy atom. The largest absolute Gasteiger partial charge is 0.493 e. The van der Waals surface area contributed by atoms with E-state index in [2.05, 4.69) is 57.2 Å². The molecule has 2 fully saturated rings. The van der Waals surface area contributed by atoms with Gasteiger partial charge in [-0.05, 0) is 56.1 Å². The molecule has 0 radical (unpaired) electrons. The molecule has 4 rings (SSSR count). The van der Waals surface area contributed by atoms with E-state index in [4.69, 9.17) is 9.47 Å². The summed E-state index contributed by atoms with van der Waals surface area (Å²) in [4.78, 5) is 7.91. The first-order chi connectivity index (χ1) is 15.2. The maximum atomic E-state index is 5.74. The van der Waals surface area contributed by atoms with Gasteiger partial charge in [-0.1, -0.05) is 36.4 Å². The molecule has 168 valence electrons. The van der Waals surface area contributed by atoms with Crippen LogP contribution < -0.4 is 9.47 Å². The van der Waals surface area contributed by atoms with Gasteiger partial charge in [0.05, 0.1) is 13.7 Å². The minimum Gasteiger partial charge on any atom is -0.493 e. The van der Waals surface area contributed by atoms with Gasteiger partial charge in [0.15, 0.2) is 11.5 Å². The van der Waals surface area contributed by atoms with E-state index in [0.717, 1.165) is 43.7 Å². The third-order valence-corrected chi connectivity index (χ3v) is 6.66. The van der Waals surface area contributed by atoms with Gasteiger partial charge in [-0.25, -0.2) is 0 Å². The standard InChI is InChI=1S/C26H37N3O2/c1-3-31-26-19-23(9-10-25(26)30-2)21-28-15-17-29(18-16-28)24-11-13-27(14-12-24)20-22-7-5-4-6-8-22/h4-10,19,24H,3,11-18,20-21H2,1-2H3. The summed E-state index contributed by atoms with van der Waals surface area (Å²) in [5.41, 5.74) is 2.73. The Morgan fingerprint density at radius 2 is 1.45 bits per heavy atom. The van der Waals surface area contributed by atoms with Gasteiger partial charge < -0.3 is 9.47 Å². The normalized spacial score (nSPS) is 19.4. The van der Waals surface area contributed by atoms with Crippen LogP contribution in [-0.4, -0.2) is 73.7 Å². The second-order valence-electron chi connectivity index (χ2n) is 8.72. The molecule has 0 aliphatic carbocycles. The van der Waals surface area contributed by atoms with Crippen molar-refractivity contribution in [3.05, 3.63) is 59.7 Å². The number of piperazine rings is 1. The van der Waals surface area contributed by atoms with Crippen molar-refractivity contribution in [2.45, 2.75) is 38.9 Å². The lowest BCUT2D eigenvalue weighted by Crippen LogP contribution is -2.52. The first kappa shape index (κ1) is 22.1. The molecule has 0 unspecified atom stereocenters. The van der Waals surface area contributed by atoms with E-state index in [1.54, 1.807) is 7.11 Å². The molecule has 2 aliphatic rings. The Hall–Kier alpha value is -2.08. The average Bonchev–Trinajstić information content (AvgIpc) is 2.81. The number of piperidine rings is 1. The summed E-state index contributed by atoms with van der Waals surface area (Å²) < 4.78 is 11.2. The molecular weight excluding hydrogens is 386 g/mol. The molecule has 31 heavy (non-hydrogen) atoms. The van der Waals surface area contributed by atoms with Gasteiger partial charge in [-0.2, -0.15) is 0 Å². The zero-order chi connectivity index (χ0) is 21.5. The maximum Gasteiger partial charge on any atom is 0.161 e. The molecule has 5 nitrogen and oxygen atoms in total. The van der Waals surface area contributed by atoms with E-state index in [9.17, 15) is 0 Å². The van der Waals surface area contributed by atoms with Crippen LogP contribution in [0.2, 0.25) is 0 Å². The van der Waals surface area contributed by atoms with Gasteiger partial charge in [0.2, 0.25) is 0 Å². The Morgan fingerprint density at radius 1 is 0.774 bits per heavy atom. The SMILES string of the molecule is CCOc1cc(CN2CCN(C3CCN(Cc4ccccc4)CC3)CC2)ccc1OC. The van der Waals surface area contributed by atoms with Crippen molar-refractivity contribution in [2.75, 3.05) is 53.0 Å². The zero-order valence-corrected chi connectivity index (χ0v) is 19.1. The Balaban J connectivity index is 1.22. The van der Waals surface area contributed by atoms with Crippen molar-refractivity contribution in [2.24, 2.45) is 0 Å². The molecule has 2 aliphatic heterocycles. The van der Waals surface area contributed by atoms with Gasteiger partial charge in [-0.3, -0.25) is 14.7 Å². The van der Waals surface area contributed by atoms with Crippen LogP contribution in [0.25, 0.3) is 0 Å². The van der Waals surface area contributed by atoms with E-state index in [1.807, 2.05) is 13.0 Å². The molecule has 0 N–H and O–H groups in total. The van der Waals surface area contributed by atoms with E-state index >= 15 is 0 Å². The number of likely N-dealkylation sites (tertiary alicyclic amines) is 1. The zero-order valence-electron chi connectivity index (χ0n) is 19.1. The van der Waals surface area contributed by atoms with Crippen molar-refractivity contribution in [3.63, 3.8) is 0 Å². The lowest BCUT2D eigenvalue weighted by Gasteiger charge is -2.43. The van der Waals surface area contributed by atoms with Crippen LogP contribution >= 0.6 is 0 Å². The third-order valence-electron chi connectivity index (χ3n) is 6.66. The Bertz CT molecular complexity index is 798. The lowest BCUT2D eigenvalue weighted by atomic mass is 10.0. The molecule has 0 saturated carbocycles. The summed E-state index contributed by atoms with van der Waals surface area (Å²) in [5.74, 6) is 1.66. The molecule has 0 atom stereocenters. The summed E-state index contributed by atoms with van der Waals surface area (Å²) in [6.45, 7) is 11.8. The van der Waals surface area contributed by atoms with Crippen molar-refractivity contribution in [1.29, 1.82) is 0 Å². The first-order valence-electron chi connectivity index (χ1n) is 11.8. The molecule has 2 aromatic carbocycles. The topological polar surface area (TPSA) is 28.2 Å². The van der Waals surface area contributed by atoms with Gasteiger partial charge in [0, 0.05) is 45.3 Å². The molecule has 2 aromatic rings. The summed E-state index contributed by atoms with van der Waals surface area (Å²) in [6.07, 6.45) is 2.59. The van der Waals surface area contributed by atoms with Crippen molar-refractivity contribution < 1.29 is 9.47 Å². The van der Waals surface area contributed by atoms with Gasteiger partial charge in [-0.15, -0.1) is 0 Å². The van der Waals surface area contributed by atoms with Crippen LogP contribution in [0.1, 0.15) is 30.9 Å². The number of hydrogen-bond acceptors (Lipinski definition) is 5. The highest BCUT2D eigenvalue weighted by molar-refractivity contribution is 5.43. The second-order valence-corrected chi connectivity index (χ2v) is 8.72. The fraction of sp³-hybridized carbons (Fsp3) is 0.538. The van der Waals surface area contributed by atoms with Crippen LogP contribution in [0.5, 0.6) is 11.5 Å². The first-order valence-corrected chi connectivity index (χ1v) is 11.8. The fourth-order valence-corrected chi connectivity index (χ4v) is 4.92. The van der Waals surface area contributed by atoms with Gasteiger partial charge in [0.1, 0.15) is 0 Å². The quantitative estimate of drug-likeness (QED) is 0.643. The van der Waals surface area contributed by atoms with E-state index in [0.29, 0.717) is 6.61 Å². The van der Waals surface area contributed by atoms with Crippen LogP contribution in [0.4, 0.5) is 0 Å². The van der Waals surface area contributed by atoms with Gasteiger partial charge >= 0.3 is 0 Å². The number of benzene rings is 2. The summed E-state index contributed by atoms with van der Waals surface area (Å²) in [7, 11) is 1.70. The summed E-state index contributed by atoms with van der Waals surface area (Å²) in [5, 5.41) is 0. The highest BCUT2D eigenvalue weighted by atomic mass is 16.5. The lowest BCUT2D eigenvalue weighted by molar-refractivity contribution is 0.0550. The van der Waals surface area contributed by atoms with Crippen molar-refractivity contribution in [3.8, 4) is 11.5 Å². The molecular formula is C26H37N3O2. The summed E-state index contributed by atoms with van der Waals surface area (Å²) >= 11 is 0. The smallest absolute Gasteiger partial charge is 0.161 e. The Kier molecular flexibility index (Phi) is 7.84. The summed E-state index contributed by atoms with van der Waals surface area (Å²) in [6, 6.07) is 17.9. The highest BCUT2D eigenvalue weighted by Crippen LogP contribution is 2.29. The van der Waals surface area contributed by atoms with Gasteiger partial charge in [0.25, 0.3) is 0 Å². The number of rotatable bonds is 8. The minimum atomic E-state index is 0.655. The predicted molar refractivity (Wildman–Crippen MR) is 126 cm³/mol. The molecule has 0 spiro atoms. The predicted octanol–water partition coefficient (Wildman–Crippen LogP) is 3.88. The Labute approximate surface area is 187 Å². The highest BCUT2D eigenvalue weighted by Gasteiger charge is 2.27. The molecule has 2 heterocycles. The van der Waals surface area contributed by atoms with Crippen molar-refractivity contribution in [1.82, 2.24) is 14.7 Å². The molecule has 0 aromatic heterocycles. The minimum absolute atomic E-state index is 0.655. The van der Waals surface area contributed by atoms with Crippen molar-refractivity contribution >= 4 is 0 Å². The second kappa shape index (κ2) is 11.0. The van der Waals surface area contributed by atoms with Crippen LogP contribution in [-0.2, 0) is 13.1 Å². The fourth-order valence-electron chi connectivity index (χ4n) is 4.92. The van der Waals surface area contributed by atoms with E-state index < -0.39 is 0 Å². The monoisotopic (exact) mass is 423 g/mol. The number of methoxy groups -OCH3 is 1. The van der Waals surface area contributed by atoms with E-state index in [-0.39, 0.29) is 0 Å². The van der Waals surface area contributed by atoms with E-state index in [1.165, 1.54) is 50.1 Å². The maximum absolute atomic E-state index is 5.74. The molecule has 0 amide bonds. The van der Waals surface area contributed by atoms with Crippen LogP contribution in [0.3, 0.4) is 0 Å². The number of ether oxygens (including phenoxy) is 2. The van der Waals surface area contributed by atoms with Crippen LogP contribution in [0.15, 0.2) is 48.5 Å². The molecule has 0 bridgehead atoms. The third kappa shape index (κ3) is 6.00. The average molecular weight is 424 g/mol. The molecule has 5 heteroatoms. The number of nitrogens with zero attached hydrogens (tertiary/aromatic N) is 3. The number of hydrogen-bond donors (Lipinski definition) is 0. The van der Waals surface area contributed by atoms with Crippen LogP contribution in [0, 0.1) is 0 Å².